The van der Waals surface area contributed by atoms with Gasteiger partial charge in [0, 0.05) is 12.6 Å². The van der Waals surface area contributed by atoms with Crippen LogP contribution in [-0.4, -0.2) is 29.9 Å². The van der Waals surface area contributed by atoms with Crippen molar-refractivity contribution in [3.63, 3.8) is 0 Å². The van der Waals surface area contributed by atoms with Crippen molar-refractivity contribution in [3.8, 4) is 0 Å². The molecule has 0 bridgehead atoms. The third-order valence-corrected chi connectivity index (χ3v) is 7.31. The molecule has 4 rings (SSSR count). The summed E-state index contributed by atoms with van der Waals surface area (Å²) in [6, 6.07) is 4.67. The van der Waals surface area contributed by atoms with Gasteiger partial charge in [0.2, 0.25) is 0 Å². The number of aryl methyl sites for hydroxylation is 1. The first-order chi connectivity index (χ1) is 11.7. The molecule has 2 aromatic heterocycles. The Morgan fingerprint density at radius 3 is 2.80 bits per heavy atom. The van der Waals surface area contributed by atoms with Crippen molar-refractivity contribution >= 4 is 41.0 Å². The number of rotatable bonds is 5. The Bertz CT molecular complexity index is 707. The molecule has 2 fully saturated rings. The molecule has 2 aliphatic rings. The molecule has 1 spiro atoms. The van der Waals surface area contributed by atoms with Crippen molar-refractivity contribution in [1.29, 1.82) is 0 Å². The molecule has 1 unspecified atom stereocenters. The van der Waals surface area contributed by atoms with Crippen molar-refractivity contribution < 1.29 is 4.79 Å². The number of piperidine rings is 1. The average molecular weight is 397 g/mol. The molecule has 1 aliphatic carbocycles. The van der Waals surface area contributed by atoms with Crippen LogP contribution in [0.25, 0.3) is 0 Å². The molecule has 1 atom stereocenters. The largest absolute Gasteiger partial charge is 0.330 e. The lowest BCUT2D eigenvalue weighted by Crippen LogP contribution is -2.39. The first kappa shape index (κ1) is 18.9. The van der Waals surface area contributed by atoms with Crippen LogP contribution in [0, 0.1) is 5.41 Å². The van der Waals surface area contributed by atoms with E-state index in [0.29, 0.717) is 11.5 Å². The molecule has 6 heteroatoms. The highest BCUT2D eigenvalue weighted by Crippen LogP contribution is 2.56. The molecule has 0 aromatic carbocycles. The summed E-state index contributed by atoms with van der Waals surface area (Å²) >= 11 is 3.31. The Kier molecular flexibility index (Phi) is 5.88. The highest BCUT2D eigenvalue weighted by Gasteiger charge is 2.57. The lowest BCUT2D eigenvalue weighted by atomic mass is 9.93. The van der Waals surface area contributed by atoms with Gasteiger partial charge in [-0.1, -0.05) is 6.92 Å². The summed E-state index contributed by atoms with van der Waals surface area (Å²) in [5.41, 5.74) is 2.83. The fraction of sp³-hybridized carbons (Fsp3) is 0.526. The van der Waals surface area contributed by atoms with Crippen molar-refractivity contribution in [2.24, 2.45) is 5.41 Å². The van der Waals surface area contributed by atoms with Gasteiger partial charge in [-0.05, 0) is 83.6 Å². The second-order valence-electron chi connectivity index (χ2n) is 7.03. The van der Waals surface area contributed by atoms with Gasteiger partial charge in [0.05, 0.1) is 4.88 Å². The predicted octanol–water partition coefficient (Wildman–Crippen LogP) is 4.58. The van der Waals surface area contributed by atoms with E-state index in [0.717, 1.165) is 30.9 Å². The van der Waals surface area contributed by atoms with Crippen LogP contribution in [0.3, 0.4) is 0 Å². The van der Waals surface area contributed by atoms with Gasteiger partial charge in [0.1, 0.15) is 0 Å². The summed E-state index contributed by atoms with van der Waals surface area (Å²) in [4.78, 5) is 16.5. The quantitative estimate of drug-likeness (QED) is 0.802. The smallest absolute Gasteiger partial charge is 0.264 e. The van der Waals surface area contributed by atoms with Gasteiger partial charge >= 0.3 is 0 Å². The molecular formula is C19H25ClN2OS2. The van der Waals surface area contributed by atoms with E-state index < -0.39 is 0 Å². The van der Waals surface area contributed by atoms with E-state index in [1.807, 2.05) is 0 Å². The molecular weight excluding hydrogens is 372 g/mol. The van der Waals surface area contributed by atoms with Gasteiger partial charge in [0.15, 0.2) is 0 Å². The summed E-state index contributed by atoms with van der Waals surface area (Å²) < 4.78 is 0. The van der Waals surface area contributed by atoms with Crippen molar-refractivity contribution in [3.05, 3.63) is 44.3 Å². The van der Waals surface area contributed by atoms with Crippen LogP contribution in [0.15, 0.2) is 28.3 Å². The molecule has 1 saturated heterocycles. The number of carbonyl (C=O) groups is 1. The number of hydrogen-bond acceptors (Lipinski definition) is 4. The molecule has 0 radical (unpaired) electrons. The van der Waals surface area contributed by atoms with Crippen molar-refractivity contribution in [2.45, 2.75) is 45.2 Å². The zero-order chi connectivity index (χ0) is 16.6. The van der Waals surface area contributed by atoms with E-state index in [2.05, 4.69) is 45.4 Å². The lowest BCUT2D eigenvalue weighted by molar-refractivity contribution is 0.0696. The number of amides is 1. The number of nitrogens with one attached hydrogen (secondary N) is 1. The predicted molar refractivity (Wildman–Crippen MR) is 108 cm³/mol. The summed E-state index contributed by atoms with van der Waals surface area (Å²) in [6.07, 6.45) is 4.51. The monoisotopic (exact) mass is 396 g/mol. The van der Waals surface area contributed by atoms with Gasteiger partial charge in [-0.2, -0.15) is 11.3 Å². The van der Waals surface area contributed by atoms with Crippen LogP contribution in [-0.2, 0) is 13.0 Å². The van der Waals surface area contributed by atoms with Crippen LogP contribution < -0.4 is 5.32 Å². The Morgan fingerprint density at radius 1 is 1.32 bits per heavy atom. The standard InChI is InChI=1S/C19H24N2OS2.ClH/c1-2-15-4-10-24-17(15)18(22)21(12-14-3-9-23-13-14)16-11-19(16)5-7-20-8-6-19;/h3-4,9-10,13,16,20H,2,5-8,11-12H2,1H3;1H. The van der Waals surface area contributed by atoms with E-state index in [-0.39, 0.29) is 18.3 Å². The third-order valence-electron chi connectivity index (χ3n) is 5.64. The first-order valence-electron chi connectivity index (χ1n) is 8.82. The second kappa shape index (κ2) is 7.78. The molecule has 136 valence electrons. The molecule has 1 aliphatic heterocycles. The van der Waals surface area contributed by atoms with Crippen LogP contribution in [0.4, 0.5) is 0 Å². The molecule has 1 saturated carbocycles. The first-order valence-corrected chi connectivity index (χ1v) is 10.6. The maximum atomic E-state index is 13.3. The third kappa shape index (κ3) is 3.65. The summed E-state index contributed by atoms with van der Waals surface area (Å²) in [5.74, 6) is 0.244. The van der Waals surface area contributed by atoms with Gasteiger partial charge in [-0.15, -0.1) is 23.7 Å². The van der Waals surface area contributed by atoms with E-state index >= 15 is 0 Å². The maximum Gasteiger partial charge on any atom is 0.264 e. The number of carbonyl (C=O) groups excluding carboxylic acids is 1. The normalized spacial score (nSPS) is 20.9. The van der Waals surface area contributed by atoms with E-state index in [4.69, 9.17) is 0 Å². The summed E-state index contributed by atoms with van der Waals surface area (Å²) in [6.45, 7) is 5.07. The average Bonchev–Trinajstić information content (AvgIpc) is 3.05. The van der Waals surface area contributed by atoms with Crippen LogP contribution >= 0.6 is 35.1 Å². The molecule has 25 heavy (non-hydrogen) atoms. The van der Waals surface area contributed by atoms with Gasteiger partial charge in [0.25, 0.3) is 5.91 Å². The summed E-state index contributed by atoms with van der Waals surface area (Å²) in [7, 11) is 0. The maximum absolute atomic E-state index is 13.3. The Balaban J connectivity index is 0.00000182. The number of hydrogen-bond donors (Lipinski definition) is 1. The minimum absolute atomic E-state index is 0. The Morgan fingerprint density at radius 2 is 2.12 bits per heavy atom. The number of thiophene rings is 2. The second-order valence-corrected chi connectivity index (χ2v) is 8.72. The minimum Gasteiger partial charge on any atom is -0.330 e. The van der Waals surface area contributed by atoms with Crippen LogP contribution in [0.1, 0.15) is 47.0 Å². The number of halogens is 1. The topological polar surface area (TPSA) is 32.3 Å². The Labute approximate surface area is 163 Å². The lowest BCUT2D eigenvalue weighted by Gasteiger charge is -2.29. The molecule has 2 aromatic rings. The molecule has 1 amide bonds. The molecule has 3 heterocycles. The highest BCUT2D eigenvalue weighted by atomic mass is 35.5. The van der Waals surface area contributed by atoms with E-state index in [9.17, 15) is 4.79 Å². The number of nitrogens with zero attached hydrogens (tertiary/aromatic N) is 1. The molecule has 3 nitrogen and oxygen atoms in total. The van der Waals surface area contributed by atoms with E-state index in [1.165, 1.54) is 30.4 Å². The van der Waals surface area contributed by atoms with Crippen molar-refractivity contribution in [2.75, 3.05) is 13.1 Å². The van der Waals surface area contributed by atoms with Crippen molar-refractivity contribution in [1.82, 2.24) is 10.2 Å². The zero-order valence-electron chi connectivity index (χ0n) is 14.5. The molecule has 1 N–H and O–H groups in total. The SMILES string of the molecule is CCc1ccsc1C(=O)N(Cc1ccsc1)C1CC12CCNCC2.Cl. The minimum atomic E-state index is 0. The van der Waals surface area contributed by atoms with Gasteiger partial charge in [-0.3, -0.25) is 4.79 Å². The van der Waals surface area contributed by atoms with Gasteiger partial charge < -0.3 is 10.2 Å². The zero-order valence-corrected chi connectivity index (χ0v) is 16.9. The van der Waals surface area contributed by atoms with Crippen LogP contribution in [0.5, 0.6) is 0 Å². The fourth-order valence-corrected chi connectivity index (χ4v) is 5.67. The van der Waals surface area contributed by atoms with Crippen LogP contribution in [0.2, 0.25) is 0 Å². The Hall–Kier alpha value is -0.880. The summed E-state index contributed by atoms with van der Waals surface area (Å²) in [5, 5.41) is 9.80. The fourth-order valence-electron chi connectivity index (χ4n) is 4.06. The van der Waals surface area contributed by atoms with Gasteiger partial charge in [-0.25, -0.2) is 0 Å². The van der Waals surface area contributed by atoms with E-state index in [1.54, 1.807) is 22.7 Å². The highest BCUT2D eigenvalue weighted by molar-refractivity contribution is 7.12.